The first kappa shape index (κ1) is 11.6. The summed E-state index contributed by atoms with van der Waals surface area (Å²) in [6.07, 6.45) is 1.80. The van der Waals surface area contributed by atoms with Crippen LogP contribution in [0.4, 0.5) is 5.82 Å². The molecule has 0 aliphatic rings. The standard InChI is InChI=1S/C12H17N5/c1-7-11(13-5)15-10(4)16-12(7)17-6-14-8(2)9(17)3/h6H,1-5H3,(H,13,15,16). The quantitative estimate of drug-likeness (QED) is 0.858. The van der Waals surface area contributed by atoms with Crippen molar-refractivity contribution in [3.8, 4) is 5.82 Å². The number of imidazole rings is 1. The highest BCUT2D eigenvalue weighted by molar-refractivity contribution is 5.51. The van der Waals surface area contributed by atoms with Crippen molar-refractivity contribution in [2.24, 2.45) is 0 Å². The zero-order chi connectivity index (χ0) is 12.6. The molecule has 2 rings (SSSR count). The molecule has 2 heterocycles. The van der Waals surface area contributed by atoms with E-state index in [4.69, 9.17) is 0 Å². The molecular formula is C12H17N5. The Hall–Kier alpha value is -1.91. The first-order valence-corrected chi connectivity index (χ1v) is 5.58. The number of anilines is 1. The number of hydrogen-bond donors (Lipinski definition) is 1. The van der Waals surface area contributed by atoms with Crippen LogP contribution in [0.15, 0.2) is 6.33 Å². The fourth-order valence-corrected chi connectivity index (χ4v) is 1.80. The summed E-state index contributed by atoms with van der Waals surface area (Å²) in [5, 5.41) is 3.09. The maximum Gasteiger partial charge on any atom is 0.146 e. The van der Waals surface area contributed by atoms with E-state index in [-0.39, 0.29) is 0 Å². The lowest BCUT2D eigenvalue weighted by Crippen LogP contribution is -2.08. The van der Waals surface area contributed by atoms with Crippen molar-refractivity contribution in [3.63, 3.8) is 0 Å². The fraction of sp³-hybridized carbons (Fsp3) is 0.417. The molecule has 5 heteroatoms. The van der Waals surface area contributed by atoms with Crippen LogP contribution in [-0.2, 0) is 0 Å². The van der Waals surface area contributed by atoms with Crippen LogP contribution >= 0.6 is 0 Å². The molecule has 0 aliphatic carbocycles. The summed E-state index contributed by atoms with van der Waals surface area (Å²) in [4.78, 5) is 13.2. The Morgan fingerprint density at radius 2 is 1.82 bits per heavy atom. The minimum atomic E-state index is 0.751. The van der Waals surface area contributed by atoms with Crippen molar-refractivity contribution in [2.45, 2.75) is 27.7 Å². The van der Waals surface area contributed by atoms with Crippen LogP contribution in [0, 0.1) is 27.7 Å². The van der Waals surface area contributed by atoms with E-state index in [0.717, 1.165) is 34.4 Å². The van der Waals surface area contributed by atoms with Gasteiger partial charge in [-0.2, -0.15) is 0 Å². The molecule has 17 heavy (non-hydrogen) atoms. The molecule has 2 aromatic heterocycles. The third-order valence-electron chi connectivity index (χ3n) is 2.95. The molecule has 0 aromatic carbocycles. The third kappa shape index (κ3) is 1.88. The van der Waals surface area contributed by atoms with E-state index in [1.165, 1.54) is 0 Å². The van der Waals surface area contributed by atoms with Gasteiger partial charge < -0.3 is 5.32 Å². The molecule has 0 aliphatic heterocycles. The summed E-state index contributed by atoms with van der Waals surface area (Å²) in [5.74, 6) is 2.50. The molecule has 0 atom stereocenters. The maximum atomic E-state index is 4.50. The van der Waals surface area contributed by atoms with E-state index in [9.17, 15) is 0 Å². The van der Waals surface area contributed by atoms with Crippen LogP contribution in [0.2, 0.25) is 0 Å². The van der Waals surface area contributed by atoms with Gasteiger partial charge in [-0.25, -0.2) is 15.0 Å². The van der Waals surface area contributed by atoms with Crippen molar-refractivity contribution in [2.75, 3.05) is 12.4 Å². The van der Waals surface area contributed by atoms with Crippen molar-refractivity contribution in [3.05, 3.63) is 29.1 Å². The minimum absolute atomic E-state index is 0.751. The predicted octanol–water partition coefficient (Wildman–Crippen LogP) is 1.94. The Kier molecular flexibility index (Phi) is 2.83. The molecule has 2 aromatic rings. The average Bonchev–Trinajstić information content (AvgIpc) is 2.63. The normalized spacial score (nSPS) is 10.6. The third-order valence-corrected chi connectivity index (χ3v) is 2.95. The molecule has 90 valence electrons. The second-order valence-corrected chi connectivity index (χ2v) is 4.10. The number of nitrogens with zero attached hydrogens (tertiary/aromatic N) is 4. The summed E-state index contributed by atoms with van der Waals surface area (Å²) in [6.45, 7) is 7.94. The lowest BCUT2D eigenvalue weighted by atomic mass is 10.3. The predicted molar refractivity (Wildman–Crippen MR) is 67.6 cm³/mol. The van der Waals surface area contributed by atoms with Gasteiger partial charge in [0.1, 0.15) is 23.8 Å². The minimum Gasteiger partial charge on any atom is -0.373 e. The Morgan fingerprint density at radius 1 is 1.12 bits per heavy atom. The molecule has 0 saturated heterocycles. The van der Waals surface area contributed by atoms with Gasteiger partial charge in [0, 0.05) is 18.3 Å². The molecule has 0 fully saturated rings. The molecule has 0 spiro atoms. The van der Waals surface area contributed by atoms with Crippen LogP contribution < -0.4 is 5.32 Å². The largest absolute Gasteiger partial charge is 0.373 e. The monoisotopic (exact) mass is 231 g/mol. The van der Waals surface area contributed by atoms with Gasteiger partial charge in [-0.3, -0.25) is 4.57 Å². The highest BCUT2D eigenvalue weighted by Gasteiger charge is 2.12. The van der Waals surface area contributed by atoms with Crippen LogP contribution in [0.5, 0.6) is 0 Å². The van der Waals surface area contributed by atoms with Gasteiger partial charge in [0.05, 0.1) is 5.69 Å². The number of rotatable bonds is 2. The molecule has 5 nitrogen and oxygen atoms in total. The topological polar surface area (TPSA) is 55.6 Å². The van der Waals surface area contributed by atoms with Gasteiger partial charge in [-0.15, -0.1) is 0 Å². The summed E-state index contributed by atoms with van der Waals surface area (Å²) < 4.78 is 2.00. The van der Waals surface area contributed by atoms with E-state index < -0.39 is 0 Å². The van der Waals surface area contributed by atoms with Crippen LogP contribution in [-0.4, -0.2) is 26.6 Å². The molecule has 0 saturated carbocycles. The molecule has 0 amide bonds. The highest BCUT2D eigenvalue weighted by atomic mass is 15.1. The van der Waals surface area contributed by atoms with Gasteiger partial charge in [0.2, 0.25) is 0 Å². The van der Waals surface area contributed by atoms with Gasteiger partial charge in [0.25, 0.3) is 0 Å². The molecule has 0 unspecified atom stereocenters. The van der Waals surface area contributed by atoms with E-state index in [1.807, 2.05) is 39.3 Å². The fourth-order valence-electron chi connectivity index (χ4n) is 1.80. The summed E-state index contributed by atoms with van der Waals surface area (Å²) in [5.41, 5.74) is 3.15. The van der Waals surface area contributed by atoms with Crippen LogP contribution in [0.3, 0.4) is 0 Å². The molecule has 1 N–H and O–H groups in total. The van der Waals surface area contributed by atoms with Crippen molar-refractivity contribution in [1.82, 2.24) is 19.5 Å². The first-order chi connectivity index (χ1) is 8.04. The molecular weight excluding hydrogens is 214 g/mol. The van der Waals surface area contributed by atoms with Crippen molar-refractivity contribution >= 4 is 5.82 Å². The Labute approximate surface area is 101 Å². The van der Waals surface area contributed by atoms with E-state index in [0.29, 0.717) is 0 Å². The maximum absolute atomic E-state index is 4.50. The van der Waals surface area contributed by atoms with Gasteiger partial charge >= 0.3 is 0 Å². The zero-order valence-electron chi connectivity index (χ0n) is 10.9. The number of hydrogen-bond acceptors (Lipinski definition) is 4. The summed E-state index contributed by atoms with van der Waals surface area (Å²) >= 11 is 0. The Bertz CT molecular complexity index is 556. The second kappa shape index (κ2) is 4.16. The van der Waals surface area contributed by atoms with E-state index >= 15 is 0 Å². The van der Waals surface area contributed by atoms with Gasteiger partial charge in [0.15, 0.2) is 0 Å². The van der Waals surface area contributed by atoms with Crippen LogP contribution in [0.25, 0.3) is 5.82 Å². The average molecular weight is 231 g/mol. The van der Waals surface area contributed by atoms with Gasteiger partial charge in [-0.1, -0.05) is 0 Å². The number of aryl methyl sites for hydroxylation is 2. The number of aromatic nitrogens is 4. The summed E-state index contributed by atoms with van der Waals surface area (Å²) in [7, 11) is 1.87. The van der Waals surface area contributed by atoms with Crippen molar-refractivity contribution < 1.29 is 0 Å². The Morgan fingerprint density at radius 3 is 2.35 bits per heavy atom. The molecule has 0 radical (unpaired) electrons. The molecule has 0 bridgehead atoms. The van der Waals surface area contributed by atoms with Crippen LogP contribution in [0.1, 0.15) is 22.8 Å². The number of nitrogens with one attached hydrogen (secondary N) is 1. The van der Waals surface area contributed by atoms with E-state index in [2.05, 4.69) is 20.3 Å². The highest BCUT2D eigenvalue weighted by Crippen LogP contribution is 2.20. The summed E-state index contributed by atoms with van der Waals surface area (Å²) in [6, 6.07) is 0. The van der Waals surface area contributed by atoms with Crippen molar-refractivity contribution in [1.29, 1.82) is 0 Å². The van der Waals surface area contributed by atoms with Gasteiger partial charge in [-0.05, 0) is 27.7 Å². The smallest absolute Gasteiger partial charge is 0.146 e. The first-order valence-electron chi connectivity index (χ1n) is 5.58. The SMILES string of the molecule is CNc1nc(C)nc(-n2cnc(C)c2C)c1C. The zero-order valence-corrected chi connectivity index (χ0v) is 10.9. The lowest BCUT2D eigenvalue weighted by Gasteiger charge is -2.12. The van der Waals surface area contributed by atoms with E-state index in [1.54, 1.807) is 6.33 Å². The Balaban J connectivity index is 2.67. The lowest BCUT2D eigenvalue weighted by molar-refractivity contribution is 0.896. The second-order valence-electron chi connectivity index (χ2n) is 4.10.